The van der Waals surface area contributed by atoms with Gasteiger partial charge >= 0.3 is 18.1 Å². The fourth-order valence-corrected chi connectivity index (χ4v) is 3.95. The maximum absolute atomic E-state index is 14.1. The Hall–Kier alpha value is -4.61. The minimum absolute atomic E-state index is 0.117. The summed E-state index contributed by atoms with van der Waals surface area (Å²) in [6.45, 7) is 4.17. The van der Waals surface area contributed by atoms with Crippen LogP contribution in [0.5, 0.6) is 0 Å². The maximum atomic E-state index is 14.1. The second-order valence-corrected chi connectivity index (χ2v) is 8.59. The number of benzene rings is 3. The molecular formula is C27H25F4N3O5. The number of halogens is 4. The first-order valence-electron chi connectivity index (χ1n) is 11.7. The monoisotopic (exact) mass is 547 g/mol. The topological polar surface area (TPSA) is 110 Å². The quantitative estimate of drug-likeness (QED) is 0.384. The first kappa shape index (κ1) is 29.0. The van der Waals surface area contributed by atoms with Crippen molar-refractivity contribution < 1.29 is 42.2 Å². The average Bonchev–Trinajstić information content (AvgIpc) is 2.89. The van der Waals surface area contributed by atoms with Crippen molar-refractivity contribution in [2.24, 2.45) is 0 Å². The van der Waals surface area contributed by atoms with Crippen LogP contribution in [0.4, 0.5) is 34.6 Å². The molecule has 0 unspecified atom stereocenters. The highest BCUT2D eigenvalue weighted by atomic mass is 19.4. The summed E-state index contributed by atoms with van der Waals surface area (Å²) in [6, 6.07) is 18.7. The molecule has 1 amide bonds. The number of nitrogens with one attached hydrogen (secondary N) is 1. The van der Waals surface area contributed by atoms with Crippen molar-refractivity contribution in [3.8, 4) is 0 Å². The van der Waals surface area contributed by atoms with E-state index < -0.39 is 18.1 Å². The van der Waals surface area contributed by atoms with E-state index in [1.807, 2.05) is 22.8 Å². The van der Waals surface area contributed by atoms with Gasteiger partial charge in [0.1, 0.15) is 5.82 Å². The van der Waals surface area contributed by atoms with Crippen LogP contribution in [0.1, 0.15) is 26.3 Å². The number of carbonyl (C=O) groups excluding carboxylic acids is 1. The zero-order chi connectivity index (χ0) is 28.7. The van der Waals surface area contributed by atoms with Gasteiger partial charge in [-0.05, 0) is 49.4 Å². The Labute approximate surface area is 221 Å². The smallest absolute Gasteiger partial charge is 0.478 e. The maximum Gasteiger partial charge on any atom is 0.490 e. The normalized spacial score (nSPS) is 13.3. The highest BCUT2D eigenvalue weighted by Crippen LogP contribution is 2.28. The number of anilines is 3. The third-order valence-electron chi connectivity index (χ3n) is 5.82. The Morgan fingerprint density at radius 1 is 0.821 bits per heavy atom. The van der Waals surface area contributed by atoms with Gasteiger partial charge in [0.05, 0.1) is 16.9 Å². The van der Waals surface area contributed by atoms with Gasteiger partial charge in [-0.3, -0.25) is 4.79 Å². The predicted octanol–water partition coefficient (Wildman–Crippen LogP) is 5.04. The van der Waals surface area contributed by atoms with Gasteiger partial charge in [0.25, 0.3) is 5.91 Å². The molecule has 1 heterocycles. The van der Waals surface area contributed by atoms with Crippen LogP contribution in [0.15, 0.2) is 66.7 Å². The zero-order valence-electron chi connectivity index (χ0n) is 20.7. The molecule has 206 valence electrons. The molecule has 8 nitrogen and oxygen atoms in total. The number of alkyl halides is 3. The lowest BCUT2D eigenvalue weighted by Gasteiger charge is -2.38. The highest BCUT2D eigenvalue weighted by Gasteiger charge is 2.38. The van der Waals surface area contributed by atoms with Crippen molar-refractivity contribution in [2.45, 2.75) is 13.1 Å². The van der Waals surface area contributed by atoms with Crippen molar-refractivity contribution in [2.75, 3.05) is 41.3 Å². The van der Waals surface area contributed by atoms with E-state index >= 15 is 0 Å². The standard InChI is InChI=1S/C25H24FN3O3.C2HF3O2/c1-17-5-4-6-18(15-17)24(30)27-19-9-10-22(20(16-19)25(31)32)28-11-13-29(14-12-28)23-8-3-2-7-21(23)26;3-2(4,5)1(6)7/h2-10,15-16H,11-14H2,1H3,(H,27,30)(H,31,32);(H,6,7). The molecule has 0 atom stereocenters. The van der Waals surface area contributed by atoms with Gasteiger partial charge in [-0.15, -0.1) is 0 Å². The zero-order valence-corrected chi connectivity index (χ0v) is 20.7. The van der Waals surface area contributed by atoms with Gasteiger partial charge in [0, 0.05) is 37.4 Å². The summed E-state index contributed by atoms with van der Waals surface area (Å²) in [5.41, 5.74) is 3.15. The number of hydrogen-bond acceptors (Lipinski definition) is 5. The van der Waals surface area contributed by atoms with Crippen molar-refractivity contribution in [1.82, 2.24) is 0 Å². The second-order valence-electron chi connectivity index (χ2n) is 8.59. The molecule has 1 saturated heterocycles. The van der Waals surface area contributed by atoms with Crippen LogP contribution in [0.3, 0.4) is 0 Å². The van der Waals surface area contributed by atoms with Gasteiger partial charge in [-0.1, -0.05) is 29.8 Å². The highest BCUT2D eigenvalue weighted by molar-refractivity contribution is 6.05. The van der Waals surface area contributed by atoms with E-state index in [1.165, 1.54) is 12.1 Å². The Kier molecular flexibility index (Phi) is 9.12. The van der Waals surface area contributed by atoms with Crippen LogP contribution in [0.2, 0.25) is 0 Å². The molecular weight excluding hydrogens is 522 g/mol. The van der Waals surface area contributed by atoms with E-state index in [0.717, 1.165) is 5.56 Å². The molecule has 1 aliphatic heterocycles. The van der Waals surface area contributed by atoms with E-state index in [-0.39, 0.29) is 17.3 Å². The van der Waals surface area contributed by atoms with E-state index in [0.29, 0.717) is 48.8 Å². The summed E-state index contributed by atoms with van der Waals surface area (Å²) in [7, 11) is 0. The molecule has 1 aliphatic rings. The van der Waals surface area contributed by atoms with Gasteiger partial charge in [-0.2, -0.15) is 13.2 Å². The van der Waals surface area contributed by atoms with Crippen LogP contribution < -0.4 is 15.1 Å². The Balaban J connectivity index is 0.000000532. The summed E-state index contributed by atoms with van der Waals surface area (Å²) in [5, 5.41) is 19.7. The minimum Gasteiger partial charge on any atom is -0.478 e. The Morgan fingerprint density at radius 2 is 1.41 bits per heavy atom. The van der Waals surface area contributed by atoms with E-state index in [9.17, 15) is 32.3 Å². The van der Waals surface area contributed by atoms with Crippen molar-refractivity contribution in [1.29, 1.82) is 0 Å². The van der Waals surface area contributed by atoms with Gasteiger partial charge in [0.2, 0.25) is 0 Å². The number of carboxylic acids is 2. The molecule has 0 spiro atoms. The number of carbonyl (C=O) groups is 3. The summed E-state index contributed by atoms with van der Waals surface area (Å²) in [6.07, 6.45) is -5.08. The molecule has 3 aromatic carbocycles. The Bertz CT molecular complexity index is 1360. The molecule has 3 N–H and O–H groups in total. The number of nitrogens with zero attached hydrogens (tertiary/aromatic N) is 2. The van der Waals surface area contributed by atoms with E-state index in [4.69, 9.17) is 9.90 Å². The molecule has 39 heavy (non-hydrogen) atoms. The number of piperazine rings is 1. The number of rotatable bonds is 5. The largest absolute Gasteiger partial charge is 0.490 e. The number of carboxylic acid groups (broad SMARTS) is 2. The molecule has 0 saturated carbocycles. The lowest BCUT2D eigenvalue weighted by Crippen LogP contribution is -2.47. The summed E-state index contributed by atoms with van der Waals surface area (Å²) < 4.78 is 45.8. The third-order valence-corrected chi connectivity index (χ3v) is 5.82. The number of para-hydroxylation sites is 1. The lowest BCUT2D eigenvalue weighted by molar-refractivity contribution is -0.192. The molecule has 0 aromatic heterocycles. The molecule has 0 radical (unpaired) electrons. The minimum atomic E-state index is -5.08. The number of hydrogen-bond donors (Lipinski definition) is 3. The van der Waals surface area contributed by atoms with Crippen molar-refractivity contribution in [3.05, 3.63) is 89.2 Å². The van der Waals surface area contributed by atoms with Crippen LogP contribution >= 0.6 is 0 Å². The molecule has 0 bridgehead atoms. The fraction of sp³-hybridized carbons (Fsp3) is 0.222. The second kappa shape index (κ2) is 12.3. The summed E-state index contributed by atoms with van der Waals surface area (Å²) >= 11 is 0. The molecule has 4 rings (SSSR count). The molecule has 3 aromatic rings. The number of amides is 1. The Morgan fingerprint density at radius 3 is 1.95 bits per heavy atom. The van der Waals surface area contributed by atoms with Crippen LogP contribution in [0, 0.1) is 12.7 Å². The van der Waals surface area contributed by atoms with Gasteiger partial charge in [0.15, 0.2) is 0 Å². The number of aromatic carboxylic acids is 1. The third kappa shape index (κ3) is 7.69. The van der Waals surface area contributed by atoms with Gasteiger partial charge in [-0.25, -0.2) is 14.0 Å². The molecule has 12 heteroatoms. The first-order chi connectivity index (χ1) is 18.4. The predicted molar refractivity (Wildman–Crippen MR) is 137 cm³/mol. The van der Waals surface area contributed by atoms with Crippen molar-refractivity contribution >= 4 is 34.9 Å². The fourth-order valence-electron chi connectivity index (χ4n) is 3.95. The lowest BCUT2D eigenvalue weighted by atomic mass is 10.1. The SMILES string of the molecule is Cc1cccc(C(=O)Nc2ccc(N3CCN(c4ccccc4F)CC3)c(C(=O)O)c2)c1.O=C(O)C(F)(F)F. The summed E-state index contributed by atoms with van der Waals surface area (Å²) in [4.78, 5) is 37.3. The number of aryl methyl sites for hydroxylation is 1. The molecule has 1 fully saturated rings. The summed E-state index contributed by atoms with van der Waals surface area (Å²) in [5.74, 6) is -4.38. The van der Waals surface area contributed by atoms with E-state index in [1.54, 1.807) is 48.5 Å². The van der Waals surface area contributed by atoms with Crippen LogP contribution in [0.25, 0.3) is 0 Å². The number of aliphatic carboxylic acids is 1. The molecule has 0 aliphatic carbocycles. The van der Waals surface area contributed by atoms with E-state index in [2.05, 4.69) is 5.32 Å². The van der Waals surface area contributed by atoms with Crippen LogP contribution in [-0.4, -0.2) is 60.4 Å². The average molecular weight is 548 g/mol. The van der Waals surface area contributed by atoms with Crippen LogP contribution in [-0.2, 0) is 4.79 Å². The van der Waals surface area contributed by atoms with Crippen molar-refractivity contribution in [3.63, 3.8) is 0 Å². The van der Waals surface area contributed by atoms with Gasteiger partial charge < -0.3 is 25.3 Å². The first-order valence-corrected chi connectivity index (χ1v) is 11.7.